The molecule has 4 nitrogen and oxygen atoms in total. The first-order valence-corrected chi connectivity index (χ1v) is 10.4. The van der Waals surface area contributed by atoms with Crippen LogP contribution in [-0.4, -0.2) is 27.6 Å². The summed E-state index contributed by atoms with van der Waals surface area (Å²) >= 11 is 4.72. The molecule has 0 saturated carbocycles. The lowest BCUT2D eigenvalue weighted by atomic mass is 10.2. The van der Waals surface area contributed by atoms with Crippen LogP contribution in [0.15, 0.2) is 28.6 Å². The molecule has 1 N–H and O–H groups in total. The van der Waals surface area contributed by atoms with Gasteiger partial charge in [0.25, 0.3) is 0 Å². The number of thioether (sulfide) groups is 2. The fraction of sp³-hybridized carbons (Fsp3) is 0.438. The van der Waals surface area contributed by atoms with E-state index in [1.807, 2.05) is 6.07 Å². The topological polar surface area (TPSA) is 54.9 Å². The number of anilines is 1. The first-order valence-electron chi connectivity index (χ1n) is 7.42. The van der Waals surface area contributed by atoms with E-state index >= 15 is 0 Å². The maximum atomic E-state index is 11.9. The summed E-state index contributed by atoms with van der Waals surface area (Å²) < 4.78 is 0.904. The van der Waals surface area contributed by atoms with E-state index in [-0.39, 0.29) is 5.91 Å². The summed E-state index contributed by atoms with van der Waals surface area (Å²) in [5.41, 5.74) is 2.49. The molecule has 0 bridgehead atoms. The van der Waals surface area contributed by atoms with Crippen LogP contribution < -0.4 is 5.32 Å². The van der Waals surface area contributed by atoms with Crippen LogP contribution in [0.5, 0.6) is 0 Å². The van der Waals surface area contributed by atoms with Crippen molar-refractivity contribution in [3.63, 3.8) is 0 Å². The van der Waals surface area contributed by atoms with Crippen LogP contribution in [0, 0.1) is 12.8 Å². The largest absolute Gasteiger partial charge is 0.300 e. The monoisotopic (exact) mass is 367 g/mol. The quantitative estimate of drug-likeness (QED) is 0.551. The summed E-state index contributed by atoms with van der Waals surface area (Å²) in [6, 6.07) is 8.35. The van der Waals surface area contributed by atoms with Crippen molar-refractivity contribution in [2.45, 2.75) is 30.9 Å². The third-order valence-corrected chi connectivity index (χ3v) is 6.18. The Hall–Kier alpha value is -1.05. The average Bonchev–Trinajstić information content (AvgIpc) is 2.92. The normalized spacial score (nSPS) is 11.0. The first-order chi connectivity index (χ1) is 11.0. The molecule has 0 atom stereocenters. The van der Waals surface area contributed by atoms with Crippen molar-refractivity contribution in [2.75, 3.05) is 16.8 Å². The van der Waals surface area contributed by atoms with E-state index in [9.17, 15) is 4.79 Å². The smallest absolute Gasteiger partial charge is 0.236 e. The second-order valence-corrected chi connectivity index (χ2v) is 8.84. The first kappa shape index (κ1) is 18.3. The average molecular weight is 368 g/mol. The van der Waals surface area contributed by atoms with E-state index in [0.717, 1.165) is 15.8 Å². The maximum Gasteiger partial charge on any atom is 0.236 e. The highest BCUT2D eigenvalue weighted by molar-refractivity contribution is 8.01. The number of amides is 1. The second-order valence-electron chi connectivity index (χ2n) is 5.61. The lowest BCUT2D eigenvalue weighted by Crippen LogP contribution is -2.14. The summed E-state index contributed by atoms with van der Waals surface area (Å²) in [5, 5.41) is 11.5. The van der Waals surface area contributed by atoms with Gasteiger partial charge in [0.15, 0.2) is 4.34 Å². The van der Waals surface area contributed by atoms with Gasteiger partial charge in [0.1, 0.15) is 0 Å². The van der Waals surface area contributed by atoms with Gasteiger partial charge in [-0.05, 0) is 18.4 Å². The number of aromatic nitrogens is 2. The van der Waals surface area contributed by atoms with Crippen molar-refractivity contribution in [3.05, 3.63) is 35.4 Å². The summed E-state index contributed by atoms with van der Waals surface area (Å²) in [7, 11) is 0. The molecule has 23 heavy (non-hydrogen) atoms. The van der Waals surface area contributed by atoms with Crippen LogP contribution in [0.4, 0.5) is 5.13 Å². The third-order valence-electron chi connectivity index (χ3n) is 2.78. The Bertz CT molecular complexity index is 643. The molecule has 0 aliphatic heterocycles. The zero-order valence-electron chi connectivity index (χ0n) is 13.5. The zero-order chi connectivity index (χ0) is 16.7. The molecule has 0 aliphatic carbocycles. The fourth-order valence-corrected chi connectivity index (χ4v) is 4.29. The maximum absolute atomic E-state index is 11.9. The Morgan fingerprint density at radius 3 is 2.91 bits per heavy atom. The molecule has 0 spiro atoms. The van der Waals surface area contributed by atoms with Crippen LogP contribution in [0.2, 0.25) is 0 Å². The van der Waals surface area contributed by atoms with Gasteiger partial charge in [-0.1, -0.05) is 66.8 Å². The van der Waals surface area contributed by atoms with E-state index in [0.29, 0.717) is 16.8 Å². The molecule has 0 aliphatic rings. The molecule has 0 fully saturated rings. The Balaban J connectivity index is 1.72. The van der Waals surface area contributed by atoms with E-state index in [1.165, 1.54) is 22.5 Å². The molecular formula is C16H21N3OS3. The number of benzene rings is 1. The molecule has 7 heteroatoms. The van der Waals surface area contributed by atoms with Gasteiger partial charge in [0, 0.05) is 11.5 Å². The van der Waals surface area contributed by atoms with Gasteiger partial charge in [-0.3, -0.25) is 10.1 Å². The minimum absolute atomic E-state index is 0.0285. The van der Waals surface area contributed by atoms with E-state index in [1.54, 1.807) is 23.5 Å². The number of carbonyl (C=O) groups is 1. The van der Waals surface area contributed by atoms with Crippen molar-refractivity contribution >= 4 is 45.9 Å². The number of aryl methyl sites for hydroxylation is 1. The van der Waals surface area contributed by atoms with Crippen LogP contribution in [0.3, 0.4) is 0 Å². The molecule has 1 heterocycles. The number of nitrogens with one attached hydrogen (secondary N) is 1. The van der Waals surface area contributed by atoms with E-state index in [4.69, 9.17) is 0 Å². The predicted octanol–water partition coefficient (Wildman–Crippen LogP) is 4.47. The fourth-order valence-electron chi connectivity index (χ4n) is 1.78. The number of nitrogens with zero attached hydrogens (tertiary/aromatic N) is 2. The van der Waals surface area contributed by atoms with Crippen LogP contribution in [0.25, 0.3) is 0 Å². The minimum atomic E-state index is -0.0285. The standard InChI is InChI=1S/C16H21N3OS3/c1-11(2)8-22-16-19-18-15(23-16)17-14(20)10-21-9-13-6-4-5-12(3)7-13/h4-7,11H,8-10H2,1-3H3,(H,17,18,20). The molecular weight excluding hydrogens is 346 g/mol. The highest BCUT2D eigenvalue weighted by Gasteiger charge is 2.09. The van der Waals surface area contributed by atoms with Gasteiger partial charge < -0.3 is 0 Å². The Labute approximate surface area is 149 Å². The minimum Gasteiger partial charge on any atom is -0.300 e. The van der Waals surface area contributed by atoms with Gasteiger partial charge in [-0.15, -0.1) is 22.0 Å². The summed E-state index contributed by atoms with van der Waals surface area (Å²) in [6.45, 7) is 6.41. The molecule has 2 aromatic rings. The van der Waals surface area contributed by atoms with Gasteiger partial charge in [-0.2, -0.15) is 0 Å². The van der Waals surface area contributed by atoms with Gasteiger partial charge >= 0.3 is 0 Å². The molecule has 0 radical (unpaired) electrons. The van der Waals surface area contributed by atoms with Crippen molar-refractivity contribution in [2.24, 2.45) is 5.92 Å². The van der Waals surface area contributed by atoms with E-state index in [2.05, 4.69) is 54.5 Å². The lowest BCUT2D eigenvalue weighted by Gasteiger charge is -2.03. The summed E-state index contributed by atoms with van der Waals surface area (Å²) in [4.78, 5) is 11.9. The predicted molar refractivity (Wildman–Crippen MR) is 101 cm³/mol. The summed E-state index contributed by atoms with van der Waals surface area (Å²) in [6.07, 6.45) is 0. The van der Waals surface area contributed by atoms with Crippen molar-refractivity contribution in [1.29, 1.82) is 0 Å². The van der Waals surface area contributed by atoms with E-state index < -0.39 is 0 Å². The Morgan fingerprint density at radius 2 is 2.17 bits per heavy atom. The Morgan fingerprint density at radius 1 is 1.35 bits per heavy atom. The molecule has 1 amide bonds. The SMILES string of the molecule is Cc1cccc(CSCC(=O)Nc2nnc(SCC(C)C)s2)c1. The number of hydrogen-bond donors (Lipinski definition) is 1. The van der Waals surface area contributed by atoms with Crippen LogP contribution in [-0.2, 0) is 10.5 Å². The molecule has 124 valence electrons. The molecule has 0 saturated heterocycles. The number of rotatable bonds is 8. The molecule has 1 aromatic carbocycles. The van der Waals surface area contributed by atoms with Crippen LogP contribution >= 0.6 is 34.9 Å². The highest BCUT2D eigenvalue weighted by atomic mass is 32.2. The Kier molecular flexibility index (Phi) is 7.39. The van der Waals surface area contributed by atoms with Crippen molar-refractivity contribution < 1.29 is 4.79 Å². The van der Waals surface area contributed by atoms with Crippen molar-refractivity contribution in [3.8, 4) is 0 Å². The summed E-state index contributed by atoms with van der Waals surface area (Å²) in [5.74, 6) is 2.84. The van der Waals surface area contributed by atoms with Gasteiger partial charge in [-0.25, -0.2) is 0 Å². The third kappa shape index (κ3) is 6.93. The van der Waals surface area contributed by atoms with Crippen LogP contribution in [0.1, 0.15) is 25.0 Å². The molecule has 2 rings (SSSR count). The number of carbonyl (C=O) groups excluding carboxylic acids is 1. The molecule has 1 aromatic heterocycles. The van der Waals surface area contributed by atoms with Gasteiger partial charge in [0.2, 0.25) is 11.0 Å². The highest BCUT2D eigenvalue weighted by Crippen LogP contribution is 2.27. The van der Waals surface area contributed by atoms with Gasteiger partial charge in [0.05, 0.1) is 5.75 Å². The van der Waals surface area contributed by atoms with Crippen molar-refractivity contribution in [1.82, 2.24) is 10.2 Å². The lowest BCUT2D eigenvalue weighted by molar-refractivity contribution is -0.113. The number of hydrogen-bond acceptors (Lipinski definition) is 6. The zero-order valence-corrected chi connectivity index (χ0v) is 16.0. The molecule has 0 unspecified atom stereocenters. The second kappa shape index (κ2) is 9.30.